The Bertz CT molecular complexity index is 971. The molecule has 162 valence electrons. The van der Waals surface area contributed by atoms with E-state index in [2.05, 4.69) is 16.0 Å². The van der Waals surface area contributed by atoms with Crippen LogP contribution in [0.3, 0.4) is 0 Å². The molecule has 3 rings (SSSR count). The van der Waals surface area contributed by atoms with E-state index in [1.54, 1.807) is 37.5 Å². The van der Waals surface area contributed by atoms with Gasteiger partial charge in [-0.05, 0) is 49.3 Å². The van der Waals surface area contributed by atoms with Crippen molar-refractivity contribution in [1.29, 1.82) is 0 Å². The normalized spacial score (nSPS) is 15.5. The number of carbonyl (C=O) groups is 2. The second kappa shape index (κ2) is 11.2. The summed E-state index contributed by atoms with van der Waals surface area (Å²) in [5.74, 6) is 0.0303. The zero-order chi connectivity index (χ0) is 22.1. The molecule has 2 aromatic carbocycles. The summed E-state index contributed by atoms with van der Waals surface area (Å²) < 4.78 is 10.8. The molecule has 2 aromatic rings. The molecule has 0 saturated carbocycles. The van der Waals surface area contributed by atoms with Gasteiger partial charge in [-0.15, -0.1) is 0 Å². The summed E-state index contributed by atoms with van der Waals surface area (Å²) in [5.41, 5.74) is 1.71. The lowest BCUT2D eigenvalue weighted by molar-refractivity contribution is -0.115. The van der Waals surface area contributed by atoms with E-state index in [9.17, 15) is 9.59 Å². The number of methoxy groups -OCH3 is 1. The Morgan fingerprint density at radius 2 is 1.97 bits per heavy atom. The van der Waals surface area contributed by atoms with Crippen LogP contribution < -0.4 is 20.7 Å². The molecule has 0 aromatic heterocycles. The van der Waals surface area contributed by atoms with Gasteiger partial charge in [0.15, 0.2) is 5.11 Å². The molecule has 2 amide bonds. The molecule has 0 spiro atoms. The number of amides is 2. The molecule has 1 heterocycles. The molecule has 7 nitrogen and oxygen atoms in total. The number of ether oxygens (including phenoxy) is 2. The number of carbonyl (C=O) groups excluding carboxylic acids is 2. The summed E-state index contributed by atoms with van der Waals surface area (Å²) in [5, 5.41) is 8.48. The fourth-order valence-corrected chi connectivity index (χ4v) is 3.38. The molecule has 3 N–H and O–H groups in total. The van der Waals surface area contributed by atoms with Crippen molar-refractivity contribution in [2.45, 2.75) is 18.9 Å². The van der Waals surface area contributed by atoms with Crippen LogP contribution in [0.5, 0.6) is 5.75 Å². The van der Waals surface area contributed by atoms with E-state index >= 15 is 0 Å². The van der Waals surface area contributed by atoms with E-state index in [0.717, 1.165) is 25.0 Å². The standard InChI is InChI=1S/C23H25N3O4S/c1-29-20-11-5-2-7-16(20)12-13-21(27)26-23(31)25-19-10-4-3-9-18(19)22(28)24-15-17-8-6-14-30-17/h2-5,7,9-13,17H,6,8,14-15H2,1H3,(H,24,28)(H2,25,26,27,31). The maximum Gasteiger partial charge on any atom is 0.253 e. The molecule has 1 atom stereocenters. The first-order valence-electron chi connectivity index (χ1n) is 9.98. The zero-order valence-corrected chi connectivity index (χ0v) is 18.0. The molecule has 31 heavy (non-hydrogen) atoms. The largest absolute Gasteiger partial charge is 0.496 e. The van der Waals surface area contributed by atoms with Crippen molar-refractivity contribution in [3.05, 3.63) is 65.7 Å². The van der Waals surface area contributed by atoms with Gasteiger partial charge in [-0.25, -0.2) is 0 Å². The Kier molecular flexibility index (Phi) is 8.14. The molecular formula is C23H25N3O4S. The topological polar surface area (TPSA) is 88.7 Å². The number of rotatable bonds is 7. The highest BCUT2D eigenvalue weighted by molar-refractivity contribution is 7.80. The average Bonchev–Trinajstić information content (AvgIpc) is 3.30. The zero-order valence-electron chi connectivity index (χ0n) is 17.2. The Morgan fingerprint density at radius 3 is 2.74 bits per heavy atom. The number of hydrogen-bond acceptors (Lipinski definition) is 5. The van der Waals surface area contributed by atoms with Gasteiger partial charge in [-0.2, -0.15) is 0 Å². The Balaban J connectivity index is 1.56. The predicted octanol–water partition coefficient (Wildman–Crippen LogP) is 3.13. The maximum absolute atomic E-state index is 12.6. The van der Waals surface area contributed by atoms with E-state index in [1.165, 1.54) is 6.08 Å². The minimum Gasteiger partial charge on any atom is -0.496 e. The van der Waals surface area contributed by atoms with Gasteiger partial charge < -0.3 is 20.1 Å². The van der Waals surface area contributed by atoms with Crippen LogP contribution in [-0.2, 0) is 9.53 Å². The summed E-state index contributed by atoms with van der Waals surface area (Å²) in [7, 11) is 1.57. The molecule has 0 aliphatic carbocycles. The molecule has 1 aliphatic heterocycles. The SMILES string of the molecule is COc1ccccc1C=CC(=O)NC(=S)Nc1ccccc1C(=O)NCC1CCCO1. The third kappa shape index (κ3) is 6.63. The van der Waals surface area contributed by atoms with E-state index in [0.29, 0.717) is 23.5 Å². The number of benzene rings is 2. The van der Waals surface area contributed by atoms with Crippen LogP contribution in [0, 0.1) is 0 Å². The third-order valence-corrected chi connectivity index (χ3v) is 4.93. The number of nitrogens with one attached hydrogen (secondary N) is 3. The van der Waals surface area contributed by atoms with Crippen LogP contribution in [0.25, 0.3) is 6.08 Å². The first-order valence-corrected chi connectivity index (χ1v) is 10.4. The first-order chi connectivity index (χ1) is 15.1. The number of para-hydroxylation sites is 2. The van der Waals surface area contributed by atoms with Gasteiger partial charge in [0.05, 0.1) is 24.5 Å². The van der Waals surface area contributed by atoms with Crippen LogP contribution in [0.1, 0.15) is 28.8 Å². The van der Waals surface area contributed by atoms with Crippen LogP contribution >= 0.6 is 12.2 Å². The smallest absolute Gasteiger partial charge is 0.253 e. The van der Waals surface area contributed by atoms with E-state index in [1.807, 2.05) is 24.3 Å². The van der Waals surface area contributed by atoms with Gasteiger partial charge in [0, 0.05) is 24.8 Å². The van der Waals surface area contributed by atoms with Crippen LogP contribution in [0.15, 0.2) is 54.6 Å². The number of hydrogen-bond donors (Lipinski definition) is 3. The van der Waals surface area contributed by atoms with Crippen molar-refractivity contribution >= 4 is 40.9 Å². The summed E-state index contributed by atoms with van der Waals surface area (Å²) in [6.45, 7) is 1.19. The first kappa shape index (κ1) is 22.5. The highest BCUT2D eigenvalue weighted by atomic mass is 32.1. The Labute approximate surface area is 186 Å². The molecule has 1 unspecified atom stereocenters. The van der Waals surface area contributed by atoms with Crippen LogP contribution in [-0.4, -0.2) is 43.3 Å². The minimum atomic E-state index is -0.399. The van der Waals surface area contributed by atoms with Crippen LogP contribution in [0.2, 0.25) is 0 Å². The van der Waals surface area contributed by atoms with E-state index in [4.69, 9.17) is 21.7 Å². The molecule has 1 fully saturated rings. The predicted molar refractivity (Wildman–Crippen MR) is 124 cm³/mol. The van der Waals surface area contributed by atoms with Gasteiger partial charge in [-0.3, -0.25) is 14.9 Å². The Morgan fingerprint density at radius 1 is 1.19 bits per heavy atom. The highest BCUT2D eigenvalue weighted by Crippen LogP contribution is 2.19. The van der Waals surface area contributed by atoms with Crippen molar-refractivity contribution in [1.82, 2.24) is 10.6 Å². The van der Waals surface area contributed by atoms with E-state index < -0.39 is 5.91 Å². The summed E-state index contributed by atoms with van der Waals surface area (Å²) >= 11 is 5.24. The van der Waals surface area contributed by atoms with Crippen molar-refractivity contribution in [2.75, 3.05) is 25.6 Å². The Hall–Kier alpha value is -3.23. The second-order valence-electron chi connectivity index (χ2n) is 6.91. The van der Waals surface area contributed by atoms with Gasteiger partial charge in [0.2, 0.25) is 5.91 Å². The minimum absolute atomic E-state index is 0.0551. The molecule has 1 saturated heterocycles. The fourth-order valence-electron chi connectivity index (χ4n) is 3.17. The summed E-state index contributed by atoms with van der Waals surface area (Å²) in [6.07, 6.45) is 5.02. The summed E-state index contributed by atoms with van der Waals surface area (Å²) in [6, 6.07) is 14.3. The molecule has 0 radical (unpaired) electrons. The molecule has 1 aliphatic rings. The molecule has 8 heteroatoms. The van der Waals surface area contributed by atoms with Gasteiger partial charge in [0.25, 0.3) is 5.91 Å². The maximum atomic E-state index is 12.6. The molecular weight excluding hydrogens is 414 g/mol. The van der Waals surface area contributed by atoms with Gasteiger partial charge in [-0.1, -0.05) is 30.3 Å². The lowest BCUT2D eigenvalue weighted by Gasteiger charge is -2.14. The second-order valence-corrected chi connectivity index (χ2v) is 7.32. The van der Waals surface area contributed by atoms with Crippen LogP contribution in [0.4, 0.5) is 5.69 Å². The number of anilines is 1. The quantitative estimate of drug-likeness (QED) is 0.454. The van der Waals surface area contributed by atoms with Crippen molar-refractivity contribution < 1.29 is 19.1 Å². The van der Waals surface area contributed by atoms with Crippen molar-refractivity contribution in [3.63, 3.8) is 0 Å². The third-order valence-electron chi connectivity index (χ3n) is 4.72. The monoisotopic (exact) mass is 439 g/mol. The average molecular weight is 440 g/mol. The van der Waals surface area contributed by atoms with Gasteiger partial charge in [0.1, 0.15) is 5.75 Å². The lowest BCUT2D eigenvalue weighted by atomic mass is 10.1. The summed E-state index contributed by atoms with van der Waals surface area (Å²) in [4.78, 5) is 24.8. The number of thiocarbonyl (C=S) groups is 1. The van der Waals surface area contributed by atoms with Crippen molar-refractivity contribution in [2.24, 2.45) is 0 Å². The lowest BCUT2D eigenvalue weighted by Crippen LogP contribution is -2.35. The van der Waals surface area contributed by atoms with Gasteiger partial charge >= 0.3 is 0 Å². The fraction of sp³-hybridized carbons (Fsp3) is 0.261. The highest BCUT2D eigenvalue weighted by Gasteiger charge is 2.18. The van der Waals surface area contributed by atoms with Crippen molar-refractivity contribution in [3.8, 4) is 5.75 Å². The van der Waals surface area contributed by atoms with E-state index in [-0.39, 0.29) is 17.1 Å². The molecule has 0 bridgehead atoms.